The molecule has 1 amide bonds. The van der Waals surface area contributed by atoms with Crippen LogP contribution in [0.2, 0.25) is 5.02 Å². The molecule has 1 aromatic heterocycles. The average Bonchev–Trinajstić information content (AvgIpc) is 2.66. The Kier molecular flexibility index (Phi) is 5.62. The summed E-state index contributed by atoms with van der Waals surface area (Å²) < 4.78 is 7.36. The minimum Gasteiger partial charge on any atom is -0.476 e. The van der Waals surface area contributed by atoms with Gasteiger partial charge in [-0.1, -0.05) is 41.9 Å². The number of aryl methyl sites for hydroxylation is 2. The van der Waals surface area contributed by atoms with E-state index in [-0.39, 0.29) is 11.5 Å². The minimum atomic E-state index is -0.857. The van der Waals surface area contributed by atoms with Crippen LogP contribution in [-0.4, -0.2) is 10.5 Å². The molecule has 0 spiro atoms. The van der Waals surface area contributed by atoms with Crippen molar-refractivity contribution in [2.24, 2.45) is 7.05 Å². The molecule has 138 valence electrons. The molecule has 0 aliphatic carbocycles. The number of halogens is 1. The zero-order valence-electron chi connectivity index (χ0n) is 15.0. The minimum absolute atomic E-state index is 0.137. The molecular weight excluding hydrogens is 364 g/mol. The van der Waals surface area contributed by atoms with Crippen LogP contribution in [0.5, 0.6) is 5.75 Å². The fourth-order valence-electron chi connectivity index (χ4n) is 2.60. The van der Waals surface area contributed by atoms with Gasteiger partial charge in [-0.25, -0.2) is 0 Å². The molecular formula is C21H19ClN2O3. The van der Waals surface area contributed by atoms with Crippen molar-refractivity contribution in [3.63, 3.8) is 0 Å². The Hall–Kier alpha value is -3.05. The molecule has 1 unspecified atom stereocenters. The van der Waals surface area contributed by atoms with Gasteiger partial charge >= 0.3 is 0 Å². The van der Waals surface area contributed by atoms with Gasteiger partial charge < -0.3 is 14.6 Å². The monoisotopic (exact) mass is 382 g/mol. The van der Waals surface area contributed by atoms with Crippen molar-refractivity contribution in [2.45, 2.75) is 13.0 Å². The van der Waals surface area contributed by atoms with E-state index in [1.54, 1.807) is 44.4 Å². The molecule has 3 rings (SSSR count). The third-order valence-corrected chi connectivity index (χ3v) is 4.35. The van der Waals surface area contributed by atoms with E-state index in [2.05, 4.69) is 5.32 Å². The van der Waals surface area contributed by atoms with Crippen LogP contribution >= 0.6 is 11.6 Å². The van der Waals surface area contributed by atoms with Gasteiger partial charge in [0.05, 0.1) is 5.69 Å². The van der Waals surface area contributed by atoms with Crippen LogP contribution in [0, 0.1) is 6.92 Å². The molecule has 0 saturated carbocycles. The van der Waals surface area contributed by atoms with Gasteiger partial charge in [-0.05, 0) is 36.8 Å². The zero-order chi connectivity index (χ0) is 19.4. The van der Waals surface area contributed by atoms with Crippen molar-refractivity contribution in [3.8, 4) is 5.75 Å². The lowest BCUT2D eigenvalue weighted by atomic mass is 10.1. The van der Waals surface area contributed by atoms with Crippen LogP contribution in [0.15, 0.2) is 71.7 Å². The number of nitrogens with one attached hydrogen (secondary N) is 1. The topological polar surface area (TPSA) is 60.3 Å². The van der Waals surface area contributed by atoms with E-state index in [1.165, 1.54) is 10.6 Å². The van der Waals surface area contributed by atoms with Crippen molar-refractivity contribution < 1.29 is 9.53 Å². The third kappa shape index (κ3) is 4.57. The van der Waals surface area contributed by atoms with Crippen LogP contribution in [0.25, 0.3) is 0 Å². The number of hydrogen-bond donors (Lipinski definition) is 1. The summed E-state index contributed by atoms with van der Waals surface area (Å²) in [4.78, 5) is 24.7. The molecule has 0 saturated heterocycles. The number of anilines is 1. The smallest absolute Gasteiger partial charge is 0.270 e. The molecule has 1 atom stereocenters. The van der Waals surface area contributed by atoms with Crippen molar-refractivity contribution in [3.05, 3.63) is 93.4 Å². The van der Waals surface area contributed by atoms with Crippen LogP contribution in [0.4, 0.5) is 5.69 Å². The highest BCUT2D eigenvalue weighted by atomic mass is 35.5. The summed E-state index contributed by atoms with van der Waals surface area (Å²) in [5.41, 5.74) is 1.82. The summed E-state index contributed by atoms with van der Waals surface area (Å²) in [5, 5.41) is 3.45. The molecule has 27 heavy (non-hydrogen) atoms. The number of rotatable bonds is 5. The van der Waals surface area contributed by atoms with Crippen LogP contribution in [0.1, 0.15) is 17.2 Å². The summed E-state index contributed by atoms with van der Waals surface area (Å²) in [6.07, 6.45) is 0.740. The second kappa shape index (κ2) is 8.10. The quantitative estimate of drug-likeness (QED) is 0.722. The number of pyridine rings is 1. The SMILES string of the molecule is Cc1cc(=O)n(C)cc1NC(=O)C(Oc1ccc(Cl)cc1)c1ccccc1. The number of aromatic nitrogens is 1. The van der Waals surface area contributed by atoms with E-state index in [1.807, 2.05) is 30.3 Å². The van der Waals surface area contributed by atoms with Gasteiger partial charge in [-0.3, -0.25) is 9.59 Å². The Morgan fingerprint density at radius 3 is 2.44 bits per heavy atom. The standard InChI is InChI=1S/C21H19ClN2O3/c1-14-12-19(25)24(2)13-18(14)23-21(26)20(15-6-4-3-5-7-15)27-17-10-8-16(22)9-11-17/h3-13,20H,1-2H3,(H,23,26). The predicted octanol–water partition coefficient (Wildman–Crippen LogP) is 4.11. The van der Waals surface area contributed by atoms with Crippen LogP contribution in [0.3, 0.4) is 0 Å². The number of carbonyl (C=O) groups excluding carboxylic acids is 1. The highest BCUT2D eigenvalue weighted by Gasteiger charge is 2.23. The number of hydrogen-bond acceptors (Lipinski definition) is 3. The van der Waals surface area contributed by atoms with Crippen LogP contribution in [-0.2, 0) is 11.8 Å². The summed E-state index contributed by atoms with van der Waals surface area (Å²) >= 11 is 5.92. The van der Waals surface area contributed by atoms with E-state index >= 15 is 0 Å². The van der Waals surface area contributed by atoms with Crippen molar-refractivity contribution in [1.82, 2.24) is 4.57 Å². The Balaban J connectivity index is 1.90. The maximum atomic E-state index is 13.0. The first-order valence-electron chi connectivity index (χ1n) is 8.39. The molecule has 0 fully saturated rings. The molecule has 2 aromatic carbocycles. The maximum Gasteiger partial charge on any atom is 0.270 e. The van der Waals surface area contributed by atoms with E-state index in [0.717, 1.165) is 0 Å². The second-order valence-electron chi connectivity index (χ2n) is 6.17. The zero-order valence-corrected chi connectivity index (χ0v) is 15.7. The first kappa shape index (κ1) is 18.7. The lowest BCUT2D eigenvalue weighted by Crippen LogP contribution is -2.27. The number of benzene rings is 2. The van der Waals surface area contributed by atoms with E-state index < -0.39 is 6.10 Å². The fourth-order valence-corrected chi connectivity index (χ4v) is 2.73. The summed E-state index contributed by atoms with van der Waals surface area (Å²) in [5.74, 6) is 0.193. The average molecular weight is 383 g/mol. The Morgan fingerprint density at radius 1 is 1.11 bits per heavy atom. The molecule has 0 bridgehead atoms. The maximum absolute atomic E-state index is 13.0. The number of ether oxygens (including phenoxy) is 1. The fraction of sp³-hybridized carbons (Fsp3) is 0.143. The van der Waals surface area contributed by atoms with Gasteiger partial charge in [0.25, 0.3) is 11.5 Å². The Labute approximate surface area is 162 Å². The van der Waals surface area contributed by atoms with Gasteiger partial charge in [0, 0.05) is 29.9 Å². The van der Waals surface area contributed by atoms with Crippen molar-refractivity contribution in [1.29, 1.82) is 0 Å². The molecule has 1 N–H and O–H groups in total. The molecule has 6 heteroatoms. The molecule has 5 nitrogen and oxygen atoms in total. The number of nitrogens with zero attached hydrogens (tertiary/aromatic N) is 1. The van der Waals surface area contributed by atoms with E-state index in [0.29, 0.717) is 27.6 Å². The molecule has 0 radical (unpaired) electrons. The predicted molar refractivity (Wildman–Crippen MR) is 106 cm³/mol. The highest BCUT2D eigenvalue weighted by molar-refractivity contribution is 6.30. The first-order chi connectivity index (χ1) is 12.9. The van der Waals surface area contributed by atoms with Crippen molar-refractivity contribution >= 4 is 23.2 Å². The summed E-state index contributed by atoms with van der Waals surface area (Å²) in [6.45, 7) is 1.77. The Morgan fingerprint density at radius 2 is 1.78 bits per heavy atom. The van der Waals surface area contributed by atoms with Gasteiger partial charge in [0.15, 0.2) is 0 Å². The van der Waals surface area contributed by atoms with Crippen LogP contribution < -0.4 is 15.6 Å². The summed E-state index contributed by atoms with van der Waals surface area (Å²) in [6, 6.07) is 17.5. The lowest BCUT2D eigenvalue weighted by molar-refractivity contribution is -0.123. The first-order valence-corrected chi connectivity index (χ1v) is 8.77. The van der Waals surface area contributed by atoms with E-state index in [4.69, 9.17) is 16.3 Å². The second-order valence-corrected chi connectivity index (χ2v) is 6.61. The normalized spacial score (nSPS) is 11.7. The van der Waals surface area contributed by atoms with E-state index in [9.17, 15) is 9.59 Å². The lowest BCUT2D eigenvalue weighted by Gasteiger charge is -2.20. The largest absolute Gasteiger partial charge is 0.476 e. The van der Waals surface area contributed by atoms with Gasteiger partial charge in [-0.15, -0.1) is 0 Å². The highest BCUT2D eigenvalue weighted by Crippen LogP contribution is 2.25. The van der Waals surface area contributed by atoms with Gasteiger partial charge in [0.1, 0.15) is 5.75 Å². The number of carbonyl (C=O) groups is 1. The molecule has 3 aromatic rings. The van der Waals surface area contributed by atoms with Gasteiger partial charge in [-0.2, -0.15) is 0 Å². The summed E-state index contributed by atoms with van der Waals surface area (Å²) in [7, 11) is 1.64. The van der Waals surface area contributed by atoms with Crippen molar-refractivity contribution in [2.75, 3.05) is 5.32 Å². The molecule has 0 aliphatic heterocycles. The Bertz CT molecular complexity index is 998. The molecule has 0 aliphatic rings. The third-order valence-electron chi connectivity index (χ3n) is 4.10. The number of amides is 1. The van der Waals surface area contributed by atoms with Gasteiger partial charge in [0.2, 0.25) is 6.10 Å². The molecule has 1 heterocycles.